The number of aromatic nitrogens is 11. The fraction of sp³-hybridized carbons (Fsp3) is 0.507. The van der Waals surface area contributed by atoms with Crippen LogP contribution in [-0.2, 0) is 76.1 Å². The number of nitrogens with zero attached hydrogens (tertiary/aromatic N) is 19. The van der Waals surface area contributed by atoms with E-state index in [-0.39, 0.29) is 83.5 Å². The smallest absolute Gasteiger partial charge is 0.369 e. The lowest BCUT2D eigenvalue weighted by molar-refractivity contribution is -0.0475. The van der Waals surface area contributed by atoms with E-state index < -0.39 is 99.0 Å². The van der Waals surface area contributed by atoms with Gasteiger partial charge in [0.2, 0.25) is 29.8 Å². The van der Waals surface area contributed by atoms with Gasteiger partial charge in [-0.3, -0.25) is 27.5 Å². The molecule has 0 saturated carbocycles. The van der Waals surface area contributed by atoms with E-state index >= 15 is 0 Å². The van der Waals surface area contributed by atoms with E-state index in [1.165, 1.54) is 78.8 Å². The van der Waals surface area contributed by atoms with Crippen LogP contribution in [0.4, 0.5) is 16.5 Å². The van der Waals surface area contributed by atoms with E-state index in [1.807, 2.05) is 124 Å². The zero-order valence-corrected chi connectivity index (χ0v) is 69.3. The Morgan fingerprint density at radius 3 is 1.60 bits per heavy atom. The van der Waals surface area contributed by atoms with Crippen molar-refractivity contribution < 1.29 is 76.9 Å². The molecule has 4 fully saturated rings. The van der Waals surface area contributed by atoms with Crippen LogP contribution in [0, 0.1) is 28.9 Å². The van der Waals surface area contributed by atoms with Crippen LogP contribution >= 0.6 is 64.7 Å². The number of hydrogen-bond donors (Lipinski definition) is 2. The van der Waals surface area contributed by atoms with Gasteiger partial charge >= 0.3 is 31.8 Å². The molecular weight excluding hydrogens is 1610 g/mol. The fourth-order valence-corrected chi connectivity index (χ4v) is 18.7. The Labute approximate surface area is 667 Å². The normalized spacial score (nSPS) is 24.9. The monoisotopic (exact) mass is 1700 g/mol. The first-order valence-electron chi connectivity index (χ1n) is 35.2. The molecule has 0 radical (unpaired) electrons. The number of aliphatic imine (C=N–C) groups is 3. The second-order valence-corrected chi connectivity index (χ2v) is 34.6. The summed E-state index contributed by atoms with van der Waals surface area (Å²) in [4.78, 5) is 91.4. The van der Waals surface area contributed by atoms with Crippen LogP contribution in [0.25, 0.3) is 43.3 Å². The topological polar surface area (TPSA) is 368 Å². The van der Waals surface area contributed by atoms with Crippen molar-refractivity contribution in [1.29, 1.82) is 0 Å². The molecule has 112 heavy (non-hydrogen) atoms. The van der Waals surface area contributed by atoms with Gasteiger partial charge in [0.05, 0.1) is 80.2 Å². The van der Waals surface area contributed by atoms with Crippen LogP contribution in [0.1, 0.15) is 81.1 Å². The van der Waals surface area contributed by atoms with Crippen LogP contribution in [0.3, 0.4) is 0 Å². The highest BCUT2D eigenvalue weighted by atomic mass is 32.9. The number of hydrogen-bond acceptors (Lipinski definition) is 28. The van der Waals surface area contributed by atoms with Crippen molar-refractivity contribution in [2.75, 3.05) is 81.8 Å². The van der Waals surface area contributed by atoms with E-state index in [0.29, 0.717) is 35.3 Å². The predicted octanol–water partition coefficient (Wildman–Crippen LogP) is 11.8. The molecule has 18 atom stereocenters. The van der Waals surface area contributed by atoms with E-state index in [1.54, 1.807) is 47.5 Å². The van der Waals surface area contributed by atoms with E-state index in [2.05, 4.69) is 49.6 Å². The van der Waals surface area contributed by atoms with Gasteiger partial charge in [0.1, 0.15) is 37.0 Å². The second-order valence-electron chi connectivity index (χ2n) is 26.3. The highest BCUT2D eigenvalue weighted by molar-refractivity contribution is 8.07. The summed E-state index contributed by atoms with van der Waals surface area (Å²) >= 11 is 10.8. The minimum absolute atomic E-state index is 0. The van der Waals surface area contributed by atoms with Crippen molar-refractivity contribution in [3.63, 3.8) is 0 Å². The summed E-state index contributed by atoms with van der Waals surface area (Å²) in [6.07, 6.45) is 16.4. The highest BCUT2D eigenvalue weighted by Gasteiger charge is 2.52. The van der Waals surface area contributed by atoms with Gasteiger partial charge in [-0.1, -0.05) is 27.7 Å². The molecule has 0 aliphatic carbocycles. The molecule has 2 N–H and O–H groups in total. The number of fused-ring (bicyclic) bond motifs is 4. The van der Waals surface area contributed by atoms with Gasteiger partial charge < -0.3 is 79.6 Å². The maximum Gasteiger partial charge on any atom is 0.695 e. The molecule has 0 bridgehead atoms. The Hall–Kier alpha value is -7.47. The SMILES string of the molecule is CN(C)C=Nc1nc(=S)ss1.[C-]#[N+]CCOP(=S)(OC[C@H]1O[C@@H](n2ccc(=O)n3ccnc23)[C@H](O[P+](=O)O)[C@@H]1C)O[C@H]1C[C@H](n2ccc3c(N=CN(C)C)ccnc32)O[C@@H]1CC.[C-]#[N+]CCOP(OC[C@H]1O[C@@H](n2ccc(=O)n3ccnc23)[C@H](O[P+](=O)O)[C@@H]1C)O[C@H]1C[C@H](n2ccc3c(N=CN(C)C)ccnc32)O[C@@H]1CC.[HH].[HH]. The Bertz CT molecular complexity index is 5150. The molecule has 4 saturated heterocycles. The zero-order chi connectivity index (χ0) is 79.9. The molecule has 0 spiro atoms. The third-order valence-corrected chi connectivity index (χ3v) is 24.9. The van der Waals surface area contributed by atoms with Crippen LogP contribution < -0.4 is 11.1 Å². The van der Waals surface area contributed by atoms with Gasteiger partial charge in [0.25, 0.3) is 11.1 Å². The number of ether oxygens (including phenoxy) is 4. The van der Waals surface area contributed by atoms with Gasteiger partial charge in [-0.05, 0) is 81.8 Å². The highest BCUT2D eigenvalue weighted by Crippen LogP contribution is 2.56. The van der Waals surface area contributed by atoms with Crippen molar-refractivity contribution in [1.82, 2.24) is 66.7 Å². The fourth-order valence-electron chi connectivity index (χ4n) is 12.7. The molecule has 13 rings (SSSR count). The summed E-state index contributed by atoms with van der Waals surface area (Å²) < 4.78 is 108. The average molecular weight is 1700 g/mol. The van der Waals surface area contributed by atoms with Gasteiger partial charge in [-0.2, -0.15) is 4.98 Å². The summed E-state index contributed by atoms with van der Waals surface area (Å²) in [5, 5.41) is 2.50. The van der Waals surface area contributed by atoms with Crippen molar-refractivity contribution in [3.8, 4) is 0 Å². The molecule has 45 heteroatoms. The summed E-state index contributed by atoms with van der Waals surface area (Å²) in [7, 11) is 6.46. The zero-order valence-electron chi connectivity index (χ0n) is 62.5. The standard InChI is InChI=1S/C31H38N8O9P2S.C31H38N8O9P2.C5H7N3S3.2H2/c1-6-23-24(17-27(45-23)38-13-8-21-22(35-19-36(4)5)7-10-33-29(21)38)48-50(51,43-16-12-32-3)44-18-25-20(2)28(47-49(41)42)30(46-25)39-14-9-26(40)37-15-11-34-31(37)39;1-6-23-24(17-27(45-23)38-13-8-21-22(35-19-36(4)5)7-10-33-29(21)38)47-50(43-16-12-32-3)44-18-25-20(2)28(48-49(41)42)30(46-25)39-14-9-26(40)37-15-11-34-31(37)39;1-8(2)3-6-4-7-5(9)11-10-4;;/h7-11,13-15,19-20,23-25,27-28,30H,6,12,16-18H2,1-2,4-5H3;7-11,13-15,19-20,23-25,27-28,30H,6,12,16-18H2,1-2,4-5H3;3H,1-2H3;2*1H/p+2/t2*20-,23-,24+,25-,27-,28-,30-,50?;;;/m11.../s1. The number of imidazole rings is 2. The Morgan fingerprint density at radius 2 is 1.12 bits per heavy atom. The maximum absolute atomic E-state index is 12.4. The van der Waals surface area contributed by atoms with E-state index in [0.717, 1.165) is 32.9 Å². The third-order valence-electron chi connectivity index (χ3n) is 18.0. The average Bonchev–Trinajstić information content (AvgIpc) is 1.62. The minimum Gasteiger partial charge on any atom is -0.369 e. The first kappa shape index (κ1) is 85.4. The molecule has 9 aromatic rings. The minimum atomic E-state index is -3.51. The van der Waals surface area contributed by atoms with Crippen LogP contribution in [-0.4, -0.2) is 226 Å². The summed E-state index contributed by atoms with van der Waals surface area (Å²) in [5.74, 6) is -0.352. The lowest BCUT2D eigenvalue weighted by Gasteiger charge is -2.28. The van der Waals surface area contributed by atoms with Gasteiger partial charge in [0, 0.05) is 164 Å². The van der Waals surface area contributed by atoms with Crippen LogP contribution in [0.15, 0.2) is 123 Å². The molecule has 602 valence electrons. The molecule has 37 nitrogen and oxygen atoms in total. The molecule has 0 amide bonds. The Kier molecular flexibility index (Phi) is 30.3. The maximum atomic E-state index is 12.4. The van der Waals surface area contributed by atoms with Crippen LogP contribution in [0.2, 0.25) is 0 Å². The van der Waals surface area contributed by atoms with Gasteiger partial charge in [-0.25, -0.2) is 48.1 Å². The quantitative estimate of drug-likeness (QED) is 0.00752. The molecular formula is C67H89N19O18P4S4+2. The largest absolute Gasteiger partial charge is 0.695 e. The predicted molar refractivity (Wildman–Crippen MR) is 430 cm³/mol. The summed E-state index contributed by atoms with van der Waals surface area (Å²) in [6, 6.07) is 10.3. The van der Waals surface area contributed by atoms with Crippen LogP contribution in [0.5, 0.6) is 0 Å². The van der Waals surface area contributed by atoms with E-state index in [9.17, 15) is 28.5 Å². The second kappa shape index (κ2) is 39.7. The van der Waals surface area contributed by atoms with Crippen molar-refractivity contribution in [3.05, 3.63) is 146 Å². The van der Waals surface area contributed by atoms with Crippen molar-refractivity contribution in [2.45, 2.75) is 127 Å². The Balaban J connectivity index is 0.000000226. The first-order chi connectivity index (χ1) is 53.9. The lowest BCUT2D eigenvalue weighted by atomic mass is 10.0. The first-order valence-corrected chi connectivity index (χ1v) is 43.7. The molecule has 13 heterocycles. The third kappa shape index (κ3) is 21.2. The Morgan fingerprint density at radius 1 is 0.634 bits per heavy atom. The number of rotatable bonds is 32. The summed E-state index contributed by atoms with van der Waals surface area (Å²) in [6.45, 7) is 18.7. The van der Waals surface area contributed by atoms with Crippen molar-refractivity contribution >= 4 is 146 Å². The molecule has 4 aliphatic rings. The van der Waals surface area contributed by atoms with E-state index in [4.69, 9.17) is 92.3 Å². The molecule has 4 aliphatic heterocycles. The number of pyridine rings is 2. The molecule has 0 aromatic carbocycles. The lowest BCUT2D eigenvalue weighted by Crippen LogP contribution is -2.29. The summed E-state index contributed by atoms with van der Waals surface area (Å²) in [5.41, 5.74) is 2.45. The van der Waals surface area contributed by atoms with Gasteiger partial charge in [0.15, 0.2) is 28.6 Å². The van der Waals surface area contributed by atoms with Crippen molar-refractivity contribution in [2.24, 2.45) is 26.8 Å². The van der Waals surface area contributed by atoms with Gasteiger partial charge in [-0.15, -0.1) is 18.8 Å². The molecule has 9 aromatic heterocycles. The molecule has 4 unspecified atom stereocenters.